The second-order valence-electron chi connectivity index (χ2n) is 4.67. The summed E-state index contributed by atoms with van der Waals surface area (Å²) in [6, 6.07) is 3.64. The lowest BCUT2D eigenvalue weighted by molar-refractivity contribution is -0.119. The number of halogens is 2. The molecule has 0 fully saturated rings. The smallest absolute Gasteiger partial charge is 0.228 e. The Morgan fingerprint density at radius 1 is 1.32 bits per heavy atom. The Morgan fingerprint density at radius 3 is 2.64 bits per heavy atom. The van der Waals surface area contributed by atoms with E-state index in [0.717, 1.165) is 5.82 Å². The number of pyridine rings is 1. The van der Waals surface area contributed by atoms with Gasteiger partial charge in [-0.05, 0) is 26.1 Å². The summed E-state index contributed by atoms with van der Waals surface area (Å²) in [6.07, 6.45) is 5.23. The molecule has 0 radical (unpaired) electrons. The van der Waals surface area contributed by atoms with Crippen LogP contribution >= 0.6 is 24.8 Å². The van der Waals surface area contributed by atoms with Crippen molar-refractivity contribution in [3.63, 3.8) is 0 Å². The predicted molar refractivity (Wildman–Crippen MR) is 92.3 cm³/mol. The number of nitrogens with zero attached hydrogens (tertiary/aromatic N) is 3. The van der Waals surface area contributed by atoms with Crippen LogP contribution < -0.4 is 10.6 Å². The zero-order chi connectivity index (χ0) is 14.5. The van der Waals surface area contributed by atoms with Crippen molar-refractivity contribution < 1.29 is 4.79 Å². The lowest BCUT2D eigenvalue weighted by atomic mass is 10.1. The van der Waals surface area contributed by atoms with Gasteiger partial charge in [-0.15, -0.1) is 24.8 Å². The van der Waals surface area contributed by atoms with Gasteiger partial charge in [0.15, 0.2) is 5.82 Å². The molecule has 0 aliphatic carbocycles. The second kappa shape index (κ2) is 9.40. The van der Waals surface area contributed by atoms with Gasteiger partial charge in [-0.1, -0.05) is 6.92 Å². The lowest BCUT2D eigenvalue weighted by Gasteiger charge is -2.14. The fourth-order valence-electron chi connectivity index (χ4n) is 1.94. The van der Waals surface area contributed by atoms with Crippen LogP contribution in [-0.2, 0) is 4.79 Å². The van der Waals surface area contributed by atoms with E-state index in [1.807, 2.05) is 37.7 Å². The third-order valence-electron chi connectivity index (χ3n) is 3.06. The average molecular weight is 346 g/mol. The summed E-state index contributed by atoms with van der Waals surface area (Å²) >= 11 is 0. The Kier molecular flexibility index (Phi) is 8.70. The number of carbonyl (C=O) groups is 1. The summed E-state index contributed by atoms with van der Waals surface area (Å²) in [5, 5.41) is 5.91. The van der Waals surface area contributed by atoms with Crippen molar-refractivity contribution in [2.24, 2.45) is 5.92 Å². The van der Waals surface area contributed by atoms with Crippen LogP contribution in [0.25, 0.3) is 5.82 Å². The molecule has 0 spiro atoms. The number of nitrogens with one attached hydrogen (secondary N) is 2. The molecule has 2 N–H and O–H groups in total. The van der Waals surface area contributed by atoms with Crippen molar-refractivity contribution in [1.29, 1.82) is 0 Å². The first-order chi connectivity index (χ1) is 9.63. The van der Waals surface area contributed by atoms with Crippen molar-refractivity contribution in [3.05, 3.63) is 36.5 Å². The normalized spacial score (nSPS) is 11.0. The highest BCUT2D eigenvalue weighted by molar-refractivity contribution is 5.94. The van der Waals surface area contributed by atoms with Crippen LogP contribution in [0.5, 0.6) is 0 Å². The highest BCUT2D eigenvalue weighted by Crippen LogP contribution is 2.19. The van der Waals surface area contributed by atoms with Crippen molar-refractivity contribution in [2.45, 2.75) is 13.8 Å². The molecule has 2 aromatic heterocycles. The molecule has 22 heavy (non-hydrogen) atoms. The van der Waals surface area contributed by atoms with Crippen LogP contribution in [0.15, 0.2) is 30.7 Å². The minimum atomic E-state index is -0.114. The molecule has 2 heterocycles. The summed E-state index contributed by atoms with van der Waals surface area (Å²) in [6.45, 7) is 4.40. The maximum atomic E-state index is 12.1. The number of hydrogen-bond acceptors (Lipinski definition) is 4. The molecule has 2 aromatic rings. The molecule has 0 saturated heterocycles. The number of hydrogen-bond donors (Lipinski definition) is 2. The fourth-order valence-corrected chi connectivity index (χ4v) is 1.94. The third-order valence-corrected chi connectivity index (χ3v) is 3.06. The maximum Gasteiger partial charge on any atom is 0.228 e. The number of rotatable bonds is 5. The Morgan fingerprint density at radius 2 is 2.05 bits per heavy atom. The zero-order valence-electron chi connectivity index (χ0n) is 12.7. The van der Waals surface area contributed by atoms with E-state index in [9.17, 15) is 4.79 Å². The summed E-state index contributed by atoms with van der Waals surface area (Å²) < 4.78 is 1.85. The predicted octanol–water partition coefficient (Wildman–Crippen LogP) is 2.21. The largest absolute Gasteiger partial charge is 0.323 e. The van der Waals surface area contributed by atoms with E-state index in [-0.39, 0.29) is 36.6 Å². The van der Waals surface area contributed by atoms with Crippen molar-refractivity contribution in [2.75, 3.05) is 18.9 Å². The van der Waals surface area contributed by atoms with E-state index in [1.165, 1.54) is 0 Å². The molecule has 1 atom stereocenters. The highest BCUT2D eigenvalue weighted by Gasteiger charge is 2.15. The summed E-state index contributed by atoms with van der Waals surface area (Å²) in [7, 11) is 1.83. The van der Waals surface area contributed by atoms with E-state index in [0.29, 0.717) is 18.1 Å². The van der Waals surface area contributed by atoms with E-state index < -0.39 is 0 Å². The number of anilines is 1. The Labute approximate surface area is 142 Å². The van der Waals surface area contributed by atoms with Crippen LogP contribution in [0.1, 0.15) is 12.7 Å². The fraction of sp³-hybridized carbons (Fsp3) is 0.357. The van der Waals surface area contributed by atoms with Crippen molar-refractivity contribution in [1.82, 2.24) is 19.9 Å². The Bertz CT molecular complexity index is 602. The SMILES string of the molecule is CNCC(C)C(=O)Nc1cccnc1-n1ccnc1C.Cl.Cl. The first kappa shape index (κ1) is 20.4. The van der Waals surface area contributed by atoms with Crippen LogP contribution in [-0.4, -0.2) is 34.0 Å². The van der Waals surface area contributed by atoms with Gasteiger partial charge in [0.1, 0.15) is 5.82 Å². The summed E-state index contributed by atoms with van der Waals surface area (Å²) in [5.41, 5.74) is 0.682. The number of aromatic nitrogens is 3. The molecule has 1 amide bonds. The minimum absolute atomic E-state index is 0. The molecule has 0 bridgehead atoms. The number of amides is 1. The molecule has 0 saturated carbocycles. The van der Waals surface area contributed by atoms with Crippen LogP contribution in [0.3, 0.4) is 0 Å². The van der Waals surface area contributed by atoms with Crippen molar-refractivity contribution in [3.8, 4) is 5.82 Å². The zero-order valence-corrected chi connectivity index (χ0v) is 14.4. The Hall–Kier alpha value is -1.63. The second-order valence-corrected chi connectivity index (χ2v) is 4.67. The van der Waals surface area contributed by atoms with Gasteiger partial charge in [0.05, 0.1) is 5.69 Å². The van der Waals surface area contributed by atoms with Crippen LogP contribution in [0.4, 0.5) is 5.69 Å². The quantitative estimate of drug-likeness (QED) is 0.871. The van der Waals surface area contributed by atoms with Gasteiger partial charge in [-0.3, -0.25) is 9.36 Å². The summed E-state index contributed by atoms with van der Waals surface area (Å²) in [4.78, 5) is 20.6. The molecule has 0 aliphatic rings. The van der Waals surface area contributed by atoms with E-state index >= 15 is 0 Å². The minimum Gasteiger partial charge on any atom is -0.323 e. The van der Waals surface area contributed by atoms with Gasteiger partial charge in [-0.2, -0.15) is 0 Å². The number of carbonyl (C=O) groups excluding carboxylic acids is 1. The molecule has 8 heteroatoms. The first-order valence-electron chi connectivity index (χ1n) is 6.54. The van der Waals surface area contributed by atoms with Gasteiger partial charge in [0.25, 0.3) is 0 Å². The standard InChI is InChI=1S/C14H19N5O.2ClH/c1-10(9-15-3)14(20)18-12-5-4-6-17-13(12)19-8-7-16-11(19)2;;/h4-8,10,15H,9H2,1-3H3,(H,18,20);2*1H. The van der Waals surface area contributed by atoms with Gasteiger partial charge >= 0.3 is 0 Å². The summed E-state index contributed by atoms with van der Waals surface area (Å²) in [5.74, 6) is 1.35. The topological polar surface area (TPSA) is 71.8 Å². The maximum absolute atomic E-state index is 12.1. The van der Waals surface area contributed by atoms with E-state index in [1.54, 1.807) is 18.5 Å². The monoisotopic (exact) mass is 345 g/mol. The molecule has 6 nitrogen and oxygen atoms in total. The first-order valence-corrected chi connectivity index (χ1v) is 6.54. The van der Waals surface area contributed by atoms with E-state index in [4.69, 9.17) is 0 Å². The molecular formula is C14H21Cl2N5O. The van der Waals surface area contributed by atoms with Crippen molar-refractivity contribution >= 4 is 36.4 Å². The van der Waals surface area contributed by atoms with Gasteiger partial charge in [0, 0.05) is 31.1 Å². The molecule has 0 aromatic carbocycles. The molecule has 122 valence electrons. The van der Waals surface area contributed by atoms with Gasteiger partial charge in [0.2, 0.25) is 5.91 Å². The molecule has 0 aliphatic heterocycles. The lowest BCUT2D eigenvalue weighted by Crippen LogP contribution is -2.29. The molecule has 2 rings (SSSR count). The van der Waals surface area contributed by atoms with Crippen LogP contribution in [0.2, 0.25) is 0 Å². The van der Waals surface area contributed by atoms with Crippen LogP contribution in [0, 0.1) is 12.8 Å². The Balaban J connectivity index is 0.00000220. The third kappa shape index (κ3) is 4.69. The molecule has 1 unspecified atom stereocenters. The van der Waals surface area contributed by atoms with E-state index in [2.05, 4.69) is 20.6 Å². The molecular weight excluding hydrogens is 325 g/mol. The van der Waals surface area contributed by atoms with Gasteiger partial charge < -0.3 is 10.6 Å². The highest BCUT2D eigenvalue weighted by atomic mass is 35.5. The van der Waals surface area contributed by atoms with Gasteiger partial charge in [-0.25, -0.2) is 9.97 Å². The number of imidazole rings is 1. The average Bonchev–Trinajstić information content (AvgIpc) is 2.86. The number of aryl methyl sites for hydroxylation is 1.